The van der Waals surface area contributed by atoms with E-state index >= 15 is 0 Å². The molecule has 98 valence electrons. The molecule has 2 aromatic heterocycles. The van der Waals surface area contributed by atoms with Crippen molar-refractivity contribution in [2.24, 2.45) is 0 Å². The van der Waals surface area contributed by atoms with Gasteiger partial charge in [0.05, 0.1) is 11.9 Å². The molecular weight excluding hydrogens is 242 g/mol. The molecule has 0 radical (unpaired) electrons. The number of pyridine rings is 1. The van der Waals surface area contributed by atoms with Gasteiger partial charge in [-0.3, -0.25) is 14.8 Å². The fourth-order valence-corrected chi connectivity index (χ4v) is 1.50. The SMILES string of the molecule is O=C(NCCCNc1cccnc1)c1cnccn1. The molecule has 2 heterocycles. The molecule has 6 nitrogen and oxygen atoms in total. The minimum absolute atomic E-state index is 0.200. The summed E-state index contributed by atoms with van der Waals surface area (Å²) < 4.78 is 0. The van der Waals surface area contributed by atoms with Gasteiger partial charge in [-0.15, -0.1) is 0 Å². The standard InChI is InChI=1S/C13H15N5O/c19-13(12-10-15-7-8-17-12)18-6-2-5-16-11-3-1-4-14-9-11/h1,3-4,7-10,16H,2,5-6H2,(H,18,19). The lowest BCUT2D eigenvalue weighted by molar-refractivity contribution is 0.0948. The number of aromatic nitrogens is 3. The molecular formula is C13H15N5O. The lowest BCUT2D eigenvalue weighted by Crippen LogP contribution is -2.26. The van der Waals surface area contributed by atoms with Gasteiger partial charge in [0.25, 0.3) is 5.91 Å². The van der Waals surface area contributed by atoms with E-state index < -0.39 is 0 Å². The first-order valence-corrected chi connectivity index (χ1v) is 6.04. The molecule has 0 unspecified atom stereocenters. The predicted octanol–water partition coefficient (Wildman–Crippen LogP) is 1.10. The van der Waals surface area contributed by atoms with Crippen LogP contribution in [0.5, 0.6) is 0 Å². The summed E-state index contributed by atoms with van der Waals surface area (Å²) in [6, 6.07) is 3.82. The van der Waals surface area contributed by atoms with Crippen molar-refractivity contribution < 1.29 is 4.79 Å². The van der Waals surface area contributed by atoms with Crippen LogP contribution < -0.4 is 10.6 Å². The van der Waals surface area contributed by atoms with Crippen LogP contribution in [0.4, 0.5) is 5.69 Å². The number of nitrogens with zero attached hydrogens (tertiary/aromatic N) is 3. The van der Waals surface area contributed by atoms with Gasteiger partial charge in [0, 0.05) is 37.9 Å². The minimum Gasteiger partial charge on any atom is -0.384 e. The van der Waals surface area contributed by atoms with Gasteiger partial charge in [0.2, 0.25) is 0 Å². The summed E-state index contributed by atoms with van der Waals surface area (Å²) in [6.45, 7) is 1.36. The molecule has 0 aliphatic rings. The van der Waals surface area contributed by atoms with Crippen LogP contribution in [0.1, 0.15) is 16.9 Å². The summed E-state index contributed by atoms with van der Waals surface area (Å²) in [7, 11) is 0. The summed E-state index contributed by atoms with van der Waals surface area (Å²) in [5.41, 5.74) is 1.31. The molecule has 0 aromatic carbocycles. The number of hydrogen-bond donors (Lipinski definition) is 2. The van der Waals surface area contributed by atoms with E-state index in [1.165, 1.54) is 18.6 Å². The highest BCUT2D eigenvalue weighted by Gasteiger charge is 2.04. The van der Waals surface area contributed by atoms with Crippen LogP contribution in [0, 0.1) is 0 Å². The number of hydrogen-bond acceptors (Lipinski definition) is 5. The van der Waals surface area contributed by atoms with E-state index in [2.05, 4.69) is 25.6 Å². The Morgan fingerprint density at radius 3 is 2.74 bits per heavy atom. The van der Waals surface area contributed by atoms with Crippen LogP contribution in [0.25, 0.3) is 0 Å². The minimum atomic E-state index is -0.200. The van der Waals surface area contributed by atoms with Gasteiger partial charge in [0.15, 0.2) is 0 Å². The molecule has 0 atom stereocenters. The maximum atomic E-state index is 11.6. The van der Waals surface area contributed by atoms with Crippen molar-refractivity contribution in [3.05, 3.63) is 48.8 Å². The van der Waals surface area contributed by atoms with Crippen LogP contribution in [-0.2, 0) is 0 Å². The average Bonchev–Trinajstić information content (AvgIpc) is 2.49. The number of amides is 1. The molecule has 0 spiro atoms. The summed E-state index contributed by atoms with van der Waals surface area (Å²) in [4.78, 5) is 23.4. The van der Waals surface area contributed by atoms with Crippen molar-refractivity contribution in [2.45, 2.75) is 6.42 Å². The second-order valence-electron chi connectivity index (χ2n) is 3.87. The predicted molar refractivity (Wildman–Crippen MR) is 71.7 cm³/mol. The lowest BCUT2D eigenvalue weighted by atomic mass is 10.3. The van der Waals surface area contributed by atoms with Crippen molar-refractivity contribution >= 4 is 11.6 Å². The maximum Gasteiger partial charge on any atom is 0.271 e. The lowest BCUT2D eigenvalue weighted by Gasteiger charge is -2.06. The van der Waals surface area contributed by atoms with Gasteiger partial charge in [-0.2, -0.15) is 0 Å². The van der Waals surface area contributed by atoms with Crippen molar-refractivity contribution in [1.82, 2.24) is 20.3 Å². The number of anilines is 1. The molecule has 6 heteroatoms. The third kappa shape index (κ3) is 4.34. The Bertz CT molecular complexity index is 503. The van der Waals surface area contributed by atoms with Crippen molar-refractivity contribution in [2.75, 3.05) is 18.4 Å². The third-order valence-electron chi connectivity index (χ3n) is 2.43. The summed E-state index contributed by atoms with van der Waals surface area (Å²) in [5.74, 6) is -0.200. The smallest absolute Gasteiger partial charge is 0.271 e. The summed E-state index contributed by atoms with van der Waals surface area (Å²) in [6.07, 6.45) is 8.79. The van der Waals surface area contributed by atoms with Crippen LogP contribution in [0.3, 0.4) is 0 Å². The van der Waals surface area contributed by atoms with E-state index in [9.17, 15) is 4.79 Å². The molecule has 0 aliphatic heterocycles. The zero-order valence-corrected chi connectivity index (χ0v) is 10.4. The van der Waals surface area contributed by atoms with Crippen LogP contribution in [-0.4, -0.2) is 33.9 Å². The van der Waals surface area contributed by atoms with Gasteiger partial charge in [-0.1, -0.05) is 0 Å². The summed E-state index contributed by atoms with van der Waals surface area (Å²) >= 11 is 0. The van der Waals surface area contributed by atoms with Crippen LogP contribution >= 0.6 is 0 Å². The van der Waals surface area contributed by atoms with Gasteiger partial charge in [-0.05, 0) is 18.6 Å². The molecule has 0 saturated heterocycles. The largest absolute Gasteiger partial charge is 0.384 e. The second-order valence-corrected chi connectivity index (χ2v) is 3.87. The van der Waals surface area contributed by atoms with Crippen LogP contribution in [0.15, 0.2) is 43.1 Å². The highest BCUT2D eigenvalue weighted by atomic mass is 16.1. The van der Waals surface area contributed by atoms with E-state index in [0.29, 0.717) is 12.2 Å². The zero-order chi connectivity index (χ0) is 13.3. The number of rotatable bonds is 6. The topological polar surface area (TPSA) is 79.8 Å². The fourth-order valence-electron chi connectivity index (χ4n) is 1.50. The van der Waals surface area contributed by atoms with E-state index in [4.69, 9.17) is 0 Å². The molecule has 2 aromatic rings. The van der Waals surface area contributed by atoms with Crippen LogP contribution in [0.2, 0.25) is 0 Å². The molecule has 0 aliphatic carbocycles. The zero-order valence-electron chi connectivity index (χ0n) is 10.4. The highest BCUT2D eigenvalue weighted by Crippen LogP contribution is 2.01. The second kappa shape index (κ2) is 7.05. The van der Waals surface area contributed by atoms with E-state index in [0.717, 1.165) is 18.7 Å². The Morgan fingerprint density at radius 2 is 2.00 bits per heavy atom. The van der Waals surface area contributed by atoms with Gasteiger partial charge in [0.1, 0.15) is 5.69 Å². The number of nitrogens with one attached hydrogen (secondary N) is 2. The van der Waals surface area contributed by atoms with E-state index in [1.807, 2.05) is 12.1 Å². The van der Waals surface area contributed by atoms with Crippen molar-refractivity contribution in [1.29, 1.82) is 0 Å². The van der Waals surface area contributed by atoms with Gasteiger partial charge >= 0.3 is 0 Å². The average molecular weight is 257 g/mol. The number of carbonyl (C=O) groups excluding carboxylic acids is 1. The molecule has 1 amide bonds. The molecule has 0 fully saturated rings. The van der Waals surface area contributed by atoms with Crippen molar-refractivity contribution in [3.63, 3.8) is 0 Å². The monoisotopic (exact) mass is 257 g/mol. The molecule has 2 N–H and O–H groups in total. The Balaban J connectivity index is 1.63. The molecule has 0 bridgehead atoms. The first-order chi connectivity index (χ1) is 9.36. The maximum absolute atomic E-state index is 11.6. The molecule has 0 saturated carbocycles. The number of carbonyl (C=O) groups is 1. The Morgan fingerprint density at radius 1 is 1.11 bits per heavy atom. The van der Waals surface area contributed by atoms with Gasteiger partial charge < -0.3 is 10.6 Å². The van der Waals surface area contributed by atoms with E-state index in [-0.39, 0.29) is 5.91 Å². The molecule has 19 heavy (non-hydrogen) atoms. The van der Waals surface area contributed by atoms with Gasteiger partial charge in [-0.25, -0.2) is 4.98 Å². The first-order valence-electron chi connectivity index (χ1n) is 6.04. The quantitative estimate of drug-likeness (QED) is 0.758. The van der Waals surface area contributed by atoms with E-state index in [1.54, 1.807) is 12.4 Å². The highest BCUT2D eigenvalue weighted by molar-refractivity contribution is 5.91. The Hall–Kier alpha value is -2.50. The third-order valence-corrected chi connectivity index (χ3v) is 2.43. The first kappa shape index (κ1) is 12.9. The Labute approximate surface area is 111 Å². The summed E-state index contributed by atoms with van der Waals surface area (Å²) in [5, 5.41) is 6.00. The fraction of sp³-hybridized carbons (Fsp3) is 0.231. The Kier molecular flexibility index (Phi) is 4.80. The normalized spacial score (nSPS) is 9.89. The molecule has 2 rings (SSSR count). The van der Waals surface area contributed by atoms with Crippen molar-refractivity contribution in [3.8, 4) is 0 Å².